The molecule has 0 aromatic heterocycles. The van der Waals surface area contributed by atoms with Crippen molar-refractivity contribution in [2.75, 3.05) is 26.7 Å². The minimum atomic E-state index is 0. The van der Waals surface area contributed by atoms with Crippen molar-refractivity contribution in [1.29, 1.82) is 0 Å². The quantitative estimate of drug-likeness (QED) is 0.810. The van der Waals surface area contributed by atoms with Crippen LogP contribution < -0.4 is 5.32 Å². The summed E-state index contributed by atoms with van der Waals surface area (Å²) in [7, 11) is 1.92. The molecule has 0 aliphatic carbocycles. The third-order valence-corrected chi connectivity index (χ3v) is 2.73. The minimum absolute atomic E-state index is 0. The summed E-state index contributed by atoms with van der Waals surface area (Å²) in [6.07, 6.45) is 2.17. The van der Waals surface area contributed by atoms with Crippen molar-refractivity contribution in [2.24, 2.45) is 11.3 Å². The summed E-state index contributed by atoms with van der Waals surface area (Å²) in [4.78, 5) is 13.9. The first-order valence-corrected chi connectivity index (χ1v) is 5.86. The van der Waals surface area contributed by atoms with E-state index in [1.54, 1.807) is 0 Å². The van der Waals surface area contributed by atoms with Crippen molar-refractivity contribution in [3.63, 3.8) is 0 Å². The molecule has 1 saturated heterocycles. The SMILES string of the molecule is CN(CC(C)(C)C)C(=O)[C@@H]1CCCNC1.Cl. The van der Waals surface area contributed by atoms with E-state index in [4.69, 9.17) is 0 Å². The van der Waals surface area contributed by atoms with Crippen LogP contribution in [0.3, 0.4) is 0 Å². The molecule has 1 rings (SSSR count). The van der Waals surface area contributed by atoms with Gasteiger partial charge in [-0.05, 0) is 24.8 Å². The average molecular weight is 249 g/mol. The second-order valence-electron chi connectivity index (χ2n) is 5.80. The fourth-order valence-electron chi connectivity index (χ4n) is 2.16. The molecular formula is C12H25ClN2O. The van der Waals surface area contributed by atoms with Gasteiger partial charge < -0.3 is 10.2 Å². The van der Waals surface area contributed by atoms with E-state index in [1.807, 2.05) is 11.9 Å². The Morgan fingerprint density at radius 1 is 1.44 bits per heavy atom. The highest BCUT2D eigenvalue weighted by atomic mass is 35.5. The Balaban J connectivity index is 0.00000225. The second-order valence-corrected chi connectivity index (χ2v) is 5.80. The van der Waals surface area contributed by atoms with E-state index in [-0.39, 0.29) is 23.7 Å². The van der Waals surface area contributed by atoms with Gasteiger partial charge in [-0.25, -0.2) is 0 Å². The molecule has 4 heteroatoms. The first kappa shape index (κ1) is 15.7. The molecule has 0 unspecified atom stereocenters. The molecule has 96 valence electrons. The summed E-state index contributed by atoms with van der Waals surface area (Å²) in [6.45, 7) is 9.24. The maximum absolute atomic E-state index is 12.1. The smallest absolute Gasteiger partial charge is 0.226 e. The Morgan fingerprint density at radius 3 is 2.50 bits per heavy atom. The first-order valence-electron chi connectivity index (χ1n) is 5.86. The topological polar surface area (TPSA) is 32.3 Å². The van der Waals surface area contributed by atoms with Gasteiger partial charge in [0.2, 0.25) is 5.91 Å². The number of nitrogens with zero attached hydrogens (tertiary/aromatic N) is 1. The van der Waals surface area contributed by atoms with Gasteiger partial charge in [-0.2, -0.15) is 0 Å². The lowest BCUT2D eigenvalue weighted by Gasteiger charge is -2.31. The molecule has 1 N–H and O–H groups in total. The Kier molecular flexibility index (Phi) is 6.34. The lowest BCUT2D eigenvalue weighted by molar-refractivity contribution is -0.135. The molecular weight excluding hydrogens is 224 g/mol. The van der Waals surface area contributed by atoms with Crippen molar-refractivity contribution in [1.82, 2.24) is 10.2 Å². The maximum Gasteiger partial charge on any atom is 0.226 e. The number of carbonyl (C=O) groups is 1. The van der Waals surface area contributed by atoms with E-state index in [9.17, 15) is 4.79 Å². The highest BCUT2D eigenvalue weighted by Gasteiger charge is 2.26. The van der Waals surface area contributed by atoms with Gasteiger partial charge in [0.1, 0.15) is 0 Å². The van der Waals surface area contributed by atoms with Crippen molar-refractivity contribution in [3.8, 4) is 0 Å². The van der Waals surface area contributed by atoms with Gasteiger partial charge in [0.25, 0.3) is 0 Å². The molecule has 16 heavy (non-hydrogen) atoms. The average Bonchev–Trinajstić information content (AvgIpc) is 2.15. The molecule has 1 heterocycles. The normalized spacial score (nSPS) is 21.1. The third-order valence-electron chi connectivity index (χ3n) is 2.73. The summed E-state index contributed by atoms with van der Waals surface area (Å²) in [6, 6.07) is 0. The summed E-state index contributed by atoms with van der Waals surface area (Å²) >= 11 is 0. The van der Waals surface area contributed by atoms with Crippen LogP contribution in [0.15, 0.2) is 0 Å². The predicted molar refractivity (Wildman–Crippen MR) is 69.9 cm³/mol. The number of hydrogen-bond acceptors (Lipinski definition) is 2. The lowest BCUT2D eigenvalue weighted by Crippen LogP contribution is -2.43. The highest BCUT2D eigenvalue weighted by Crippen LogP contribution is 2.18. The van der Waals surface area contributed by atoms with Crippen LogP contribution in [0.2, 0.25) is 0 Å². The Labute approximate surface area is 105 Å². The van der Waals surface area contributed by atoms with Gasteiger partial charge >= 0.3 is 0 Å². The number of carbonyl (C=O) groups excluding carboxylic acids is 1. The van der Waals surface area contributed by atoms with Crippen LogP contribution in [0, 0.1) is 11.3 Å². The number of amides is 1. The van der Waals surface area contributed by atoms with Gasteiger partial charge in [-0.3, -0.25) is 4.79 Å². The number of hydrogen-bond donors (Lipinski definition) is 1. The number of piperidine rings is 1. The molecule has 1 fully saturated rings. The second kappa shape index (κ2) is 6.45. The maximum atomic E-state index is 12.1. The molecule has 0 aromatic carbocycles. The largest absolute Gasteiger partial charge is 0.345 e. The molecule has 0 bridgehead atoms. The first-order chi connectivity index (χ1) is 6.90. The molecule has 1 atom stereocenters. The Bertz CT molecular complexity index is 220. The Hall–Kier alpha value is -0.280. The third kappa shape index (κ3) is 5.17. The van der Waals surface area contributed by atoms with Crippen LogP contribution in [0.5, 0.6) is 0 Å². The van der Waals surface area contributed by atoms with Crippen LogP contribution in [0.1, 0.15) is 33.6 Å². The molecule has 3 nitrogen and oxygen atoms in total. The molecule has 1 aliphatic rings. The molecule has 0 aromatic rings. The van der Waals surface area contributed by atoms with Gasteiger partial charge in [-0.1, -0.05) is 20.8 Å². The lowest BCUT2D eigenvalue weighted by atomic mass is 9.94. The van der Waals surface area contributed by atoms with E-state index < -0.39 is 0 Å². The van der Waals surface area contributed by atoms with Crippen LogP contribution in [0.4, 0.5) is 0 Å². The van der Waals surface area contributed by atoms with Gasteiger partial charge in [0, 0.05) is 20.1 Å². The van der Waals surface area contributed by atoms with Crippen molar-refractivity contribution < 1.29 is 4.79 Å². The number of nitrogens with one attached hydrogen (secondary N) is 1. The van der Waals surface area contributed by atoms with Crippen LogP contribution in [0.25, 0.3) is 0 Å². The summed E-state index contributed by atoms with van der Waals surface area (Å²) in [5.41, 5.74) is 0.187. The summed E-state index contributed by atoms with van der Waals surface area (Å²) in [5.74, 6) is 0.503. The van der Waals surface area contributed by atoms with Crippen LogP contribution in [-0.4, -0.2) is 37.5 Å². The number of halogens is 1. The fourth-order valence-corrected chi connectivity index (χ4v) is 2.16. The minimum Gasteiger partial charge on any atom is -0.345 e. The zero-order valence-electron chi connectivity index (χ0n) is 10.9. The van der Waals surface area contributed by atoms with Crippen LogP contribution >= 0.6 is 12.4 Å². The summed E-state index contributed by atoms with van der Waals surface area (Å²) < 4.78 is 0. The summed E-state index contributed by atoms with van der Waals surface area (Å²) in [5, 5.41) is 3.29. The predicted octanol–water partition coefficient (Wildman–Crippen LogP) is 1.91. The zero-order valence-corrected chi connectivity index (χ0v) is 11.7. The standard InChI is InChI=1S/C12H24N2O.ClH/c1-12(2,3)9-14(4)11(15)10-6-5-7-13-8-10;/h10,13H,5-9H2,1-4H3;1H/t10-;/m1./s1. The highest BCUT2D eigenvalue weighted by molar-refractivity contribution is 5.85. The van der Waals surface area contributed by atoms with Gasteiger partial charge in [0.15, 0.2) is 0 Å². The molecule has 1 aliphatic heterocycles. The van der Waals surface area contributed by atoms with E-state index in [0.717, 1.165) is 32.5 Å². The van der Waals surface area contributed by atoms with Gasteiger partial charge in [-0.15, -0.1) is 12.4 Å². The number of rotatable bonds is 2. The van der Waals surface area contributed by atoms with Crippen LogP contribution in [-0.2, 0) is 4.79 Å². The van der Waals surface area contributed by atoms with Crippen molar-refractivity contribution >= 4 is 18.3 Å². The van der Waals surface area contributed by atoms with Crippen molar-refractivity contribution in [2.45, 2.75) is 33.6 Å². The zero-order chi connectivity index (χ0) is 11.5. The van der Waals surface area contributed by atoms with Gasteiger partial charge in [0.05, 0.1) is 5.92 Å². The Morgan fingerprint density at radius 2 is 2.06 bits per heavy atom. The monoisotopic (exact) mass is 248 g/mol. The molecule has 0 saturated carbocycles. The van der Waals surface area contributed by atoms with E-state index >= 15 is 0 Å². The van der Waals surface area contributed by atoms with E-state index in [0.29, 0.717) is 5.91 Å². The fraction of sp³-hybridized carbons (Fsp3) is 0.917. The van der Waals surface area contributed by atoms with E-state index in [1.165, 1.54) is 0 Å². The van der Waals surface area contributed by atoms with E-state index in [2.05, 4.69) is 26.1 Å². The molecule has 0 radical (unpaired) electrons. The molecule has 0 spiro atoms. The molecule has 1 amide bonds. The van der Waals surface area contributed by atoms with Crippen molar-refractivity contribution in [3.05, 3.63) is 0 Å².